The van der Waals surface area contributed by atoms with Gasteiger partial charge in [-0.3, -0.25) is 9.69 Å². The molecule has 0 aliphatic carbocycles. The number of benzene rings is 1. The van der Waals surface area contributed by atoms with Gasteiger partial charge in [-0.2, -0.15) is 0 Å². The standard InChI is InChI=1S/C14H18N2O/c17-14-12-6-7-13(15-14)10-16(9-12)8-11-4-2-1-3-5-11/h1-5,12-13H,6-10H2,(H,15,17)/t12-,13+/m1/s1. The normalized spacial score (nSPS) is 28.8. The number of amides is 1. The molecule has 3 aliphatic heterocycles. The Morgan fingerprint density at radius 1 is 1.18 bits per heavy atom. The quantitative estimate of drug-likeness (QED) is 0.833. The van der Waals surface area contributed by atoms with E-state index in [1.165, 1.54) is 5.56 Å². The molecule has 3 aliphatic rings. The maximum absolute atomic E-state index is 11.7. The van der Waals surface area contributed by atoms with E-state index < -0.39 is 0 Å². The Morgan fingerprint density at radius 3 is 2.76 bits per heavy atom. The van der Waals surface area contributed by atoms with Gasteiger partial charge in [-0.25, -0.2) is 0 Å². The number of fused-ring (bicyclic) bond motifs is 4. The first-order chi connectivity index (χ1) is 8.31. The molecule has 0 unspecified atom stereocenters. The summed E-state index contributed by atoms with van der Waals surface area (Å²) in [5.41, 5.74) is 1.33. The maximum atomic E-state index is 11.7. The van der Waals surface area contributed by atoms with Crippen LogP contribution in [0.25, 0.3) is 0 Å². The molecule has 3 fully saturated rings. The monoisotopic (exact) mass is 230 g/mol. The lowest BCUT2D eigenvalue weighted by molar-refractivity contribution is -0.126. The van der Waals surface area contributed by atoms with Gasteiger partial charge in [0.05, 0.1) is 5.92 Å². The molecule has 3 heterocycles. The van der Waals surface area contributed by atoms with Crippen molar-refractivity contribution in [1.29, 1.82) is 0 Å². The van der Waals surface area contributed by atoms with Gasteiger partial charge in [0, 0.05) is 25.7 Å². The lowest BCUT2D eigenvalue weighted by Gasteiger charge is -2.23. The number of nitrogens with zero attached hydrogens (tertiary/aromatic N) is 1. The minimum Gasteiger partial charge on any atom is -0.352 e. The molecule has 0 spiro atoms. The first-order valence-electron chi connectivity index (χ1n) is 6.38. The molecule has 1 aromatic rings. The van der Waals surface area contributed by atoms with Crippen LogP contribution in [0.1, 0.15) is 18.4 Å². The summed E-state index contributed by atoms with van der Waals surface area (Å²) in [5, 5.41) is 3.11. The van der Waals surface area contributed by atoms with E-state index in [-0.39, 0.29) is 11.8 Å². The van der Waals surface area contributed by atoms with Crippen LogP contribution in [0, 0.1) is 5.92 Å². The van der Waals surface area contributed by atoms with Gasteiger partial charge in [-0.05, 0) is 18.4 Å². The topological polar surface area (TPSA) is 32.3 Å². The van der Waals surface area contributed by atoms with Gasteiger partial charge >= 0.3 is 0 Å². The average molecular weight is 230 g/mol. The molecular formula is C14H18N2O. The summed E-state index contributed by atoms with van der Waals surface area (Å²) in [6.45, 7) is 2.87. The molecule has 17 heavy (non-hydrogen) atoms. The molecule has 3 saturated heterocycles. The molecule has 1 aromatic carbocycles. The van der Waals surface area contributed by atoms with Gasteiger partial charge < -0.3 is 5.32 Å². The number of carbonyl (C=O) groups excluding carboxylic acids is 1. The molecule has 2 atom stereocenters. The second kappa shape index (κ2) is 4.49. The molecule has 1 amide bonds. The Hall–Kier alpha value is -1.35. The third kappa shape index (κ3) is 2.34. The zero-order valence-electron chi connectivity index (χ0n) is 9.93. The summed E-state index contributed by atoms with van der Waals surface area (Å²) in [6.07, 6.45) is 2.20. The van der Waals surface area contributed by atoms with Crippen LogP contribution < -0.4 is 5.32 Å². The van der Waals surface area contributed by atoms with Gasteiger partial charge in [-0.15, -0.1) is 0 Å². The number of hydrogen-bond acceptors (Lipinski definition) is 2. The Labute approximate surface area is 102 Å². The van der Waals surface area contributed by atoms with Crippen molar-refractivity contribution in [2.24, 2.45) is 5.92 Å². The van der Waals surface area contributed by atoms with E-state index >= 15 is 0 Å². The predicted molar refractivity (Wildman–Crippen MR) is 66.4 cm³/mol. The van der Waals surface area contributed by atoms with Crippen molar-refractivity contribution < 1.29 is 4.79 Å². The Kier molecular flexibility index (Phi) is 2.85. The van der Waals surface area contributed by atoms with Crippen LogP contribution >= 0.6 is 0 Å². The maximum Gasteiger partial charge on any atom is 0.224 e. The number of hydrogen-bond donors (Lipinski definition) is 1. The van der Waals surface area contributed by atoms with Crippen molar-refractivity contribution in [2.45, 2.75) is 25.4 Å². The van der Waals surface area contributed by atoms with Crippen molar-refractivity contribution in [3.05, 3.63) is 35.9 Å². The zero-order valence-corrected chi connectivity index (χ0v) is 9.93. The van der Waals surface area contributed by atoms with Crippen LogP contribution in [-0.2, 0) is 11.3 Å². The number of rotatable bonds is 2. The van der Waals surface area contributed by atoms with Crippen LogP contribution in [0.15, 0.2) is 30.3 Å². The fourth-order valence-electron chi connectivity index (χ4n) is 2.90. The molecule has 3 nitrogen and oxygen atoms in total. The van der Waals surface area contributed by atoms with Gasteiger partial charge in [0.15, 0.2) is 0 Å². The lowest BCUT2D eigenvalue weighted by Crippen LogP contribution is -2.43. The van der Waals surface area contributed by atoms with Crippen LogP contribution in [0.3, 0.4) is 0 Å². The Morgan fingerprint density at radius 2 is 2.00 bits per heavy atom. The highest BCUT2D eigenvalue weighted by molar-refractivity contribution is 5.80. The van der Waals surface area contributed by atoms with Crippen LogP contribution in [0.2, 0.25) is 0 Å². The van der Waals surface area contributed by atoms with Crippen molar-refractivity contribution in [3.63, 3.8) is 0 Å². The van der Waals surface area contributed by atoms with E-state index in [1.54, 1.807) is 0 Å². The smallest absolute Gasteiger partial charge is 0.224 e. The lowest BCUT2D eigenvalue weighted by atomic mass is 9.96. The van der Waals surface area contributed by atoms with Gasteiger partial charge in [0.1, 0.15) is 0 Å². The second-order valence-electron chi connectivity index (χ2n) is 5.16. The fourth-order valence-corrected chi connectivity index (χ4v) is 2.90. The molecule has 2 bridgehead atoms. The fraction of sp³-hybridized carbons (Fsp3) is 0.500. The summed E-state index contributed by atoms with van der Waals surface area (Å²) in [5.74, 6) is 0.467. The molecule has 3 heteroatoms. The summed E-state index contributed by atoms with van der Waals surface area (Å²) in [7, 11) is 0. The minimum atomic E-state index is 0.206. The molecule has 0 radical (unpaired) electrons. The highest BCUT2D eigenvalue weighted by atomic mass is 16.2. The zero-order chi connectivity index (χ0) is 11.7. The number of carbonyl (C=O) groups is 1. The van der Waals surface area contributed by atoms with E-state index in [4.69, 9.17) is 0 Å². The van der Waals surface area contributed by atoms with Crippen molar-refractivity contribution in [1.82, 2.24) is 10.2 Å². The highest BCUT2D eigenvalue weighted by Gasteiger charge is 2.34. The van der Waals surface area contributed by atoms with Crippen molar-refractivity contribution in [2.75, 3.05) is 13.1 Å². The molecule has 90 valence electrons. The average Bonchev–Trinajstić information content (AvgIpc) is 2.60. The molecular weight excluding hydrogens is 212 g/mol. The summed E-state index contributed by atoms with van der Waals surface area (Å²) >= 11 is 0. The molecule has 0 aromatic heterocycles. The van der Waals surface area contributed by atoms with E-state index in [0.29, 0.717) is 6.04 Å². The Bertz CT molecular complexity index is 404. The third-order valence-electron chi connectivity index (χ3n) is 3.79. The van der Waals surface area contributed by atoms with Gasteiger partial charge in [0.2, 0.25) is 5.91 Å². The molecule has 0 saturated carbocycles. The largest absolute Gasteiger partial charge is 0.352 e. The Balaban J connectivity index is 1.71. The van der Waals surface area contributed by atoms with E-state index in [2.05, 4.69) is 34.5 Å². The van der Waals surface area contributed by atoms with Crippen molar-refractivity contribution in [3.8, 4) is 0 Å². The first kappa shape index (κ1) is 10.8. The number of piperidine rings is 1. The van der Waals surface area contributed by atoms with Gasteiger partial charge in [-0.1, -0.05) is 30.3 Å². The minimum absolute atomic E-state index is 0.206. The first-order valence-corrected chi connectivity index (χ1v) is 6.38. The molecule has 4 rings (SSSR count). The van der Waals surface area contributed by atoms with Crippen molar-refractivity contribution >= 4 is 5.91 Å². The third-order valence-corrected chi connectivity index (χ3v) is 3.79. The highest BCUT2D eigenvalue weighted by Crippen LogP contribution is 2.23. The van der Waals surface area contributed by atoms with E-state index in [9.17, 15) is 4.79 Å². The van der Waals surface area contributed by atoms with Crippen LogP contribution in [0.4, 0.5) is 0 Å². The summed E-state index contributed by atoms with van der Waals surface area (Å²) in [6, 6.07) is 10.9. The van der Waals surface area contributed by atoms with Crippen LogP contribution in [-0.4, -0.2) is 29.9 Å². The van der Waals surface area contributed by atoms with E-state index in [0.717, 1.165) is 32.5 Å². The predicted octanol–water partition coefficient (Wildman–Crippen LogP) is 1.40. The number of nitrogens with one attached hydrogen (secondary N) is 1. The summed E-state index contributed by atoms with van der Waals surface area (Å²) < 4.78 is 0. The molecule has 1 N–H and O–H groups in total. The second-order valence-corrected chi connectivity index (χ2v) is 5.16. The summed E-state index contributed by atoms with van der Waals surface area (Å²) in [4.78, 5) is 14.1. The van der Waals surface area contributed by atoms with Crippen LogP contribution in [0.5, 0.6) is 0 Å². The van der Waals surface area contributed by atoms with E-state index in [1.807, 2.05) is 6.07 Å². The SMILES string of the molecule is O=C1N[C@H]2CC[C@@H]1CN(Cc1ccccc1)C2. The van der Waals surface area contributed by atoms with Gasteiger partial charge in [0.25, 0.3) is 0 Å².